The van der Waals surface area contributed by atoms with Crippen molar-refractivity contribution in [3.63, 3.8) is 0 Å². The number of furan rings is 1. The summed E-state index contributed by atoms with van der Waals surface area (Å²) in [6, 6.07) is 16.2. The lowest BCUT2D eigenvalue weighted by molar-refractivity contribution is -0.385. The SMILES string of the molecule is COc1cccc2oc(-c3nc4ccccc4c(=O)n3N=Cc3cc(Br)cc([N+](=O)[O-])c3OCC(=O)O)cc12. The summed E-state index contributed by atoms with van der Waals surface area (Å²) in [4.78, 5) is 40.2. The summed E-state index contributed by atoms with van der Waals surface area (Å²) in [6.45, 7) is -0.827. The number of carboxylic acid groups (broad SMARTS) is 1. The number of carbonyl (C=O) groups is 1. The minimum atomic E-state index is -1.33. The van der Waals surface area contributed by atoms with Crippen LogP contribution in [0.4, 0.5) is 5.69 Å². The molecular formula is C26H17BrN4O8. The number of para-hydroxylation sites is 1. The second kappa shape index (κ2) is 10.4. The first-order chi connectivity index (χ1) is 18.8. The number of rotatable bonds is 8. The molecular weight excluding hydrogens is 576 g/mol. The van der Waals surface area contributed by atoms with Crippen LogP contribution in [-0.4, -0.2) is 45.6 Å². The molecule has 0 saturated carbocycles. The van der Waals surface area contributed by atoms with Crippen LogP contribution in [0.3, 0.4) is 0 Å². The van der Waals surface area contributed by atoms with Crippen LogP contribution >= 0.6 is 15.9 Å². The molecule has 0 spiro atoms. The van der Waals surface area contributed by atoms with Crippen molar-refractivity contribution in [1.82, 2.24) is 9.66 Å². The lowest BCUT2D eigenvalue weighted by Gasteiger charge is -2.10. The first-order valence-electron chi connectivity index (χ1n) is 11.2. The Labute approximate surface area is 227 Å². The number of nitro benzene ring substituents is 1. The van der Waals surface area contributed by atoms with Gasteiger partial charge in [0.05, 0.1) is 34.5 Å². The second-order valence-corrected chi connectivity index (χ2v) is 9.00. The van der Waals surface area contributed by atoms with Crippen molar-refractivity contribution in [1.29, 1.82) is 0 Å². The number of benzene rings is 3. The van der Waals surface area contributed by atoms with Crippen molar-refractivity contribution in [2.75, 3.05) is 13.7 Å². The third kappa shape index (κ3) is 4.94. The largest absolute Gasteiger partial charge is 0.496 e. The molecule has 5 aromatic rings. The third-order valence-corrected chi connectivity index (χ3v) is 6.09. The highest BCUT2D eigenvalue weighted by Gasteiger charge is 2.22. The van der Waals surface area contributed by atoms with Crippen LogP contribution in [0, 0.1) is 10.1 Å². The number of ether oxygens (including phenoxy) is 2. The number of nitrogens with zero attached hydrogens (tertiary/aromatic N) is 4. The van der Waals surface area contributed by atoms with E-state index in [1.165, 1.54) is 19.2 Å². The average molecular weight is 593 g/mol. The number of fused-ring (bicyclic) bond motifs is 2. The average Bonchev–Trinajstić information content (AvgIpc) is 3.36. The number of hydrogen-bond acceptors (Lipinski definition) is 9. The molecule has 2 aromatic heterocycles. The van der Waals surface area contributed by atoms with Crippen molar-refractivity contribution in [2.45, 2.75) is 0 Å². The lowest BCUT2D eigenvalue weighted by atomic mass is 10.2. The normalized spacial score (nSPS) is 11.3. The highest BCUT2D eigenvalue weighted by atomic mass is 79.9. The van der Waals surface area contributed by atoms with E-state index in [1.54, 1.807) is 48.5 Å². The molecule has 3 aromatic carbocycles. The zero-order chi connectivity index (χ0) is 27.7. The standard InChI is InChI=1S/C26H17BrN4O8/c1-37-20-7-4-8-21-17(20)11-22(39-21)25-29-18-6-3-2-5-16(18)26(34)30(25)28-12-14-9-15(27)10-19(31(35)36)24(14)38-13-23(32)33/h2-12H,13H2,1H3,(H,32,33). The van der Waals surface area contributed by atoms with E-state index in [9.17, 15) is 19.7 Å². The van der Waals surface area contributed by atoms with Crippen molar-refractivity contribution in [2.24, 2.45) is 5.10 Å². The first kappa shape index (κ1) is 25.6. The number of aliphatic carboxylic acids is 1. The molecule has 0 bridgehead atoms. The summed E-state index contributed by atoms with van der Waals surface area (Å²) in [5.74, 6) is -0.816. The molecule has 12 nitrogen and oxygen atoms in total. The maximum Gasteiger partial charge on any atom is 0.341 e. The molecule has 0 atom stereocenters. The highest BCUT2D eigenvalue weighted by molar-refractivity contribution is 9.10. The molecule has 5 rings (SSSR count). The second-order valence-electron chi connectivity index (χ2n) is 8.08. The Balaban J connectivity index is 1.73. The molecule has 0 saturated heterocycles. The van der Waals surface area contributed by atoms with E-state index in [2.05, 4.69) is 26.0 Å². The molecule has 2 heterocycles. The van der Waals surface area contributed by atoms with E-state index in [1.807, 2.05) is 0 Å². The summed E-state index contributed by atoms with van der Waals surface area (Å²) in [5, 5.41) is 25.9. The smallest absolute Gasteiger partial charge is 0.341 e. The Morgan fingerprint density at radius 1 is 1.21 bits per heavy atom. The van der Waals surface area contributed by atoms with Gasteiger partial charge in [-0.15, -0.1) is 0 Å². The minimum Gasteiger partial charge on any atom is -0.496 e. The predicted molar refractivity (Wildman–Crippen MR) is 145 cm³/mol. The summed E-state index contributed by atoms with van der Waals surface area (Å²) in [5.41, 5.74) is -0.0683. The molecule has 0 unspecified atom stereocenters. The van der Waals surface area contributed by atoms with Gasteiger partial charge in [-0.25, -0.2) is 9.78 Å². The predicted octanol–water partition coefficient (Wildman–Crippen LogP) is 4.83. The zero-order valence-corrected chi connectivity index (χ0v) is 21.6. The van der Waals surface area contributed by atoms with Gasteiger partial charge in [-0.2, -0.15) is 9.78 Å². The number of aromatic nitrogens is 2. The van der Waals surface area contributed by atoms with E-state index in [0.29, 0.717) is 26.7 Å². The van der Waals surface area contributed by atoms with Crippen LogP contribution in [-0.2, 0) is 4.79 Å². The molecule has 0 aliphatic heterocycles. The Morgan fingerprint density at radius 3 is 2.74 bits per heavy atom. The summed E-state index contributed by atoms with van der Waals surface area (Å²) in [6.07, 6.45) is 1.15. The van der Waals surface area contributed by atoms with E-state index in [4.69, 9.17) is 19.0 Å². The molecule has 39 heavy (non-hydrogen) atoms. The number of hydrogen-bond donors (Lipinski definition) is 1. The van der Waals surface area contributed by atoms with Crippen LogP contribution in [0.5, 0.6) is 11.5 Å². The number of nitro groups is 1. The monoisotopic (exact) mass is 592 g/mol. The molecule has 0 aliphatic rings. The first-order valence-corrected chi connectivity index (χ1v) is 12.0. The van der Waals surface area contributed by atoms with Crippen molar-refractivity contribution in [3.8, 4) is 23.1 Å². The fraction of sp³-hybridized carbons (Fsp3) is 0.0769. The van der Waals surface area contributed by atoms with Gasteiger partial charge in [0, 0.05) is 16.1 Å². The molecule has 0 amide bonds. The quantitative estimate of drug-likeness (QED) is 0.151. The van der Waals surface area contributed by atoms with Crippen LogP contribution in [0.25, 0.3) is 33.5 Å². The van der Waals surface area contributed by atoms with Gasteiger partial charge in [0.25, 0.3) is 5.56 Å². The lowest BCUT2D eigenvalue weighted by Crippen LogP contribution is -2.20. The number of methoxy groups -OCH3 is 1. The van der Waals surface area contributed by atoms with E-state index < -0.39 is 28.7 Å². The van der Waals surface area contributed by atoms with Crippen LogP contribution in [0.1, 0.15) is 5.56 Å². The number of carboxylic acids is 1. The molecule has 0 fully saturated rings. The maximum atomic E-state index is 13.5. The Hall–Kier alpha value is -5.04. The Morgan fingerprint density at radius 2 is 2.00 bits per heavy atom. The summed E-state index contributed by atoms with van der Waals surface area (Å²) in [7, 11) is 1.52. The van der Waals surface area contributed by atoms with Gasteiger partial charge >= 0.3 is 11.7 Å². The van der Waals surface area contributed by atoms with Crippen molar-refractivity contribution >= 4 is 55.7 Å². The number of halogens is 1. The third-order valence-electron chi connectivity index (χ3n) is 5.63. The molecule has 0 aliphatic carbocycles. The highest BCUT2D eigenvalue weighted by Crippen LogP contribution is 2.35. The van der Waals surface area contributed by atoms with Crippen LogP contribution < -0.4 is 15.0 Å². The van der Waals surface area contributed by atoms with Gasteiger partial charge in [-0.1, -0.05) is 34.1 Å². The van der Waals surface area contributed by atoms with Gasteiger partial charge in [0.1, 0.15) is 11.3 Å². The van der Waals surface area contributed by atoms with Crippen molar-refractivity contribution in [3.05, 3.63) is 91.2 Å². The molecule has 13 heteroatoms. The minimum absolute atomic E-state index is 0.0506. The molecule has 0 radical (unpaired) electrons. The topological polar surface area (TPSA) is 159 Å². The van der Waals surface area contributed by atoms with Gasteiger partial charge in [-0.05, 0) is 36.4 Å². The fourth-order valence-corrected chi connectivity index (χ4v) is 4.42. The van der Waals surface area contributed by atoms with Crippen molar-refractivity contribution < 1.29 is 28.7 Å². The van der Waals surface area contributed by atoms with E-state index in [0.717, 1.165) is 10.9 Å². The molecule has 196 valence electrons. The van der Waals surface area contributed by atoms with Gasteiger partial charge in [0.2, 0.25) is 11.6 Å². The van der Waals surface area contributed by atoms with Gasteiger partial charge in [-0.3, -0.25) is 14.9 Å². The molecule has 1 N–H and O–H groups in total. The van der Waals surface area contributed by atoms with Crippen LogP contribution in [0.2, 0.25) is 0 Å². The van der Waals surface area contributed by atoms with Gasteiger partial charge < -0.3 is 19.0 Å². The van der Waals surface area contributed by atoms with E-state index in [-0.39, 0.29) is 28.3 Å². The Bertz CT molecular complexity index is 1860. The summed E-state index contributed by atoms with van der Waals surface area (Å²) >= 11 is 3.21. The fourth-order valence-electron chi connectivity index (χ4n) is 3.96. The zero-order valence-electron chi connectivity index (χ0n) is 20.0. The summed E-state index contributed by atoms with van der Waals surface area (Å²) < 4.78 is 17.9. The van der Waals surface area contributed by atoms with Gasteiger partial charge in [0.15, 0.2) is 12.4 Å². The van der Waals surface area contributed by atoms with E-state index >= 15 is 0 Å². The maximum absolute atomic E-state index is 13.5. The Kier molecular flexibility index (Phi) is 6.81. The van der Waals surface area contributed by atoms with Crippen LogP contribution in [0.15, 0.2) is 79.4 Å².